The molecule has 18 aromatic rings. The molecule has 0 radical (unpaired) electrons. The molecule has 0 amide bonds. The summed E-state index contributed by atoms with van der Waals surface area (Å²) < 4.78 is 0. The van der Waals surface area contributed by atoms with E-state index in [-0.39, 0.29) is 0 Å². The molecule has 0 saturated carbocycles. The largest absolute Gasteiger partial charge is 0.631 e. The highest BCUT2D eigenvalue weighted by Gasteiger charge is 2.23. The van der Waals surface area contributed by atoms with E-state index >= 15 is 0 Å². The van der Waals surface area contributed by atoms with Gasteiger partial charge in [0.05, 0.1) is 33.1 Å². The molecule has 0 unspecified atom stereocenters. The van der Waals surface area contributed by atoms with Gasteiger partial charge in [0.2, 0.25) is 0 Å². The fraction of sp³-hybridized carbons (Fsp3) is 0. The van der Waals surface area contributed by atoms with Crippen molar-refractivity contribution < 1.29 is 15.1 Å². The van der Waals surface area contributed by atoms with Gasteiger partial charge in [-0.1, -0.05) is 346 Å². The van der Waals surface area contributed by atoms with Crippen LogP contribution >= 0.6 is 0 Å². The van der Waals surface area contributed by atoms with Crippen LogP contribution < -0.4 is 0 Å². The molecule has 0 aliphatic carbocycles. The molecular weight excluding hydrogens is 1220 g/mol. The molecule has 0 saturated heterocycles. The van der Waals surface area contributed by atoms with Crippen molar-refractivity contribution in [3.8, 4) is 100 Å². The van der Waals surface area contributed by atoms with Crippen LogP contribution in [0.25, 0.3) is 166 Å². The molecule has 3 aromatic heterocycles. The van der Waals surface area contributed by atoms with Crippen LogP contribution in [0.15, 0.2) is 382 Å². The number of para-hydroxylation sites is 3. The average Bonchev–Trinajstić information content (AvgIpc) is 0.749. The Balaban J connectivity index is 0.000000119. The molecule has 3 N–H and O–H groups in total. The van der Waals surface area contributed by atoms with Crippen molar-refractivity contribution in [3.63, 3.8) is 0 Å². The second-order valence-electron chi connectivity index (χ2n) is 24.3. The number of hydrogen-bond acceptors (Lipinski definition) is 6. The third-order valence-corrected chi connectivity index (χ3v) is 18.2. The van der Waals surface area contributed by atoms with E-state index in [1.807, 2.05) is 0 Å². The van der Waals surface area contributed by atoms with Crippen molar-refractivity contribution in [2.24, 2.45) is 0 Å². The van der Waals surface area contributed by atoms with Crippen molar-refractivity contribution in [1.29, 1.82) is 0 Å². The quantitative estimate of drug-likeness (QED) is 0.0984. The Morgan fingerprint density at radius 3 is 0.540 bits per heavy atom. The summed E-state index contributed by atoms with van der Waals surface area (Å²) in [5.74, 6) is 0. The molecule has 0 atom stereocenters. The second kappa shape index (κ2) is 29.3. The minimum absolute atomic E-state index is 1.01. The van der Waals surface area contributed by atoms with Crippen LogP contribution in [0.2, 0.25) is 0 Å². The standard InChI is InChI=1S/3C31H21N.BH3O3/c3*1-4-12-22(13-5-1)25-20-21-28-31(29(25)23-14-6-2-7-15-23)30(24-16-8-3-9-17-24)26-18-10-11-19-27(26)32-28;2-1(3)4/h3*1-21H;2-4H. The van der Waals surface area contributed by atoms with E-state index in [0.29, 0.717) is 0 Å². The van der Waals surface area contributed by atoms with E-state index in [1.54, 1.807) is 0 Å². The lowest BCUT2D eigenvalue weighted by atomic mass is 9.86. The minimum atomic E-state index is -2.17. The van der Waals surface area contributed by atoms with Gasteiger partial charge in [0.25, 0.3) is 0 Å². The number of benzene rings is 15. The van der Waals surface area contributed by atoms with Crippen LogP contribution in [0.4, 0.5) is 0 Å². The highest BCUT2D eigenvalue weighted by atomic mass is 16.5. The Hall–Kier alpha value is -12.7. The Morgan fingerprint density at radius 2 is 0.330 bits per heavy atom. The molecule has 0 spiro atoms. The van der Waals surface area contributed by atoms with E-state index in [4.69, 9.17) is 30.0 Å². The minimum Gasteiger partial charge on any atom is -0.402 e. The SMILES string of the molecule is OB(O)O.c1ccc(-c2ccc3nc4ccccc4c(-c4ccccc4)c3c2-c2ccccc2)cc1.c1ccc(-c2ccc3nc4ccccc4c(-c4ccccc4)c3c2-c2ccccc2)cc1.c1ccc(-c2ccc3nc4ccccc4c(-c4ccccc4)c3c2-c2ccccc2)cc1. The molecule has 0 aliphatic heterocycles. The van der Waals surface area contributed by atoms with Crippen LogP contribution in [0.1, 0.15) is 0 Å². The maximum Gasteiger partial charge on any atom is 0.631 e. The van der Waals surface area contributed by atoms with Crippen molar-refractivity contribution >= 4 is 72.7 Å². The first-order valence-electron chi connectivity index (χ1n) is 33.5. The van der Waals surface area contributed by atoms with Gasteiger partial charge in [-0.3, -0.25) is 0 Å². The maximum absolute atomic E-state index is 7.17. The van der Waals surface area contributed by atoms with Crippen LogP contribution in [-0.2, 0) is 0 Å². The molecule has 15 aromatic carbocycles. The second-order valence-corrected chi connectivity index (χ2v) is 24.3. The molecule has 6 nitrogen and oxygen atoms in total. The van der Waals surface area contributed by atoms with Crippen molar-refractivity contribution in [3.05, 3.63) is 382 Å². The zero-order chi connectivity index (χ0) is 67.6. The summed E-state index contributed by atoms with van der Waals surface area (Å²) >= 11 is 0. The molecule has 0 aliphatic rings. The first-order chi connectivity index (χ1) is 49.4. The summed E-state index contributed by atoms with van der Waals surface area (Å²) in [6.07, 6.45) is 0. The molecule has 18 rings (SSSR count). The highest BCUT2D eigenvalue weighted by Crippen LogP contribution is 2.48. The number of rotatable bonds is 9. The van der Waals surface area contributed by atoms with Gasteiger partial charge in [-0.25, -0.2) is 15.0 Å². The number of aromatic nitrogens is 3. The van der Waals surface area contributed by atoms with Gasteiger partial charge >= 0.3 is 7.32 Å². The number of hydrogen-bond donors (Lipinski definition) is 3. The molecule has 474 valence electrons. The zero-order valence-corrected chi connectivity index (χ0v) is 54.6. The molecule has 0 fully saturated rings. The average molecular weight is 1280 g/mol. The summed E-state index contributed by atoms with van der Waals surface area (Å²) in [6.45, 7) is 0. The fourth-order valence-corrected chi connectivity index (χ4v) is 14.0. The maximum atomic E-state index is 7.17. The first kappa shape index (κ1) is 63.3. The van der Waals surface area contributed by atoms with Crippen molar-refractivity contribution in [1.82, 2.24) is 15.0 Å². The van der Waals surface area contributed by atoms with E-state index in [2.05, 4.69) is 382 Å². The van der Waals surface area contributed by atoms with Gasteiger partial charge in [-0.15, -0.1) is 0 Å². The van der Waals surface area contributed by atoms with Gasteiger partial charge in [-0.2, -0.15) is 0 Å². The molecule has 7 heteroatoms. The topological polar surface area (TPSA) is 99.4 Å². The number of fused-ring (bicyclic) bond motifs is 6. The molecule has 0 bridgehead atoms. The third kappa shape index (κ3) is 13.1. The Labute approximate surface area is 581 Å². The van der Waals surface area contributed by atoms with Gasteiger partial charge in [-0.05, 0) is 120 Å². The van der Waals surface area contributed by atoms with E-state index < -0.39 is 7.32 Å². The molecular formula is C93H66BN3O3. The normalized spacial score (nSPS) is 10.9. The Kier molecular flexibility index (Phi) is 18.6. The smallest absolute Gasteiger partial charge is 0.402 e. The summed E-state index contributed by atoms with van der Waals surface area (Å²) in [7, 11) is -2.17. The summed E-state index contributed by atoms with van der Waals surface area (Å²) in [6, 6.07) is 135. The van der Waals surface area contributed by atoms with Gasteiger partial charge in [0.15, 0.2) is 0 Å². The monoisotopic (exact) mass is 1280 g/mol. The van der Waals surface area contributed by atoms with E-state index in [9.17, 15) is 0 Å². The van der Waals surface area contributed by atoms with Crippen LogP contribution in [0.5, 0.6) is 0 Å². The summed E-state index contributed by atoms with van der Waals surface area (Å²) in [4.78, 5) is 15.3. The van der Waals surface area contributed by atoms with E-state index in [0.717, 1.165) is 33.1 Å². The fourth-order valence-electron chi connectivity index (χ4n) is 14.0. The third-order valence-electron chi connectivity index (χ3n) is 18.2. The predicted octanol–water partition coefficient (Wildman–Crippen LogP) is 23.1. The van der Waals surface area contributed by atoms with Crippen molar-refractivity contribution in [2.45, 2.75) is 0 Å². The van der Waals surface area contributed by atoms with Crippen LogP contribution in [-0.4, -0.2) is 37.3 Å². The van der Waals surface area contributed by atoms with Crippen LogP contribution in [0, 0.1) is 0 Å². The predicted molar refractivity (Wildman–Crippen MR) is 419 cm³/mol. The number of pyridine rings is 3. The Morgan fingerprint density at radius 1 is 0.160 bits per heavy atom. The molecule has 3 heterocycles. The first-order valence-corrected chi connectivity index (χ1v) is 33.5. The Bertz CT molecular complexity index is 5260. The summed E-state index contributed by atoms with van der Waals surface area (Å²) in [5, 5.41) is 28.6. The van der Waals surface area contributed by atoms with Crippen LogP contribution in [0.3, 0.4) is 0 Å². The number of nitrogens with zero attached hydrogens (tertiary/aromatic N) is 3. The summed E-state index contributed by atoms with van der Waals surface area (Å²) in [5.41, 5.74) is 28.0. The van der Waals surface area contributed by atoms with E-state index in [1.165, 1.54) is 132 Å². The van der Waals surface area contributed by atoms with Gasteiger partial charge in [0.1, 0.15) is 0 Å². The highest BCUT2D eigenvalue weighted by molar-refractivity contribution is 6.30. The lowest BCUT2D eigenvalue weighted by Gasteiger charge is -2.19. The molecule has 100 heavy (non-hydrogen) atoms. The van der Waals surface area contributed by atoms with Gasteiger partial charge < -0.3 is 15.1 Å². The van der Waals surface area contributed by atoms with Gasteiger partial charge in [0, 0.05) is 49.0 Å². The zero-order valence-electron chi connectivity index (χ0n) is 54.6. The lowest BCUT2D eigenvalue weighted by Crippen LogP contribution is -2.07. The lowest BCUT2D eigenvalue weighted by molar-refractivity contribution is 0.278. The van der Waals surface area contributed by atoms with Crippen molar-refractivity contribution in [2.75, 3.05) is 0 Å².